The first-order valence-electron chi connectivity index (χ1n) is 9.06. The van der Waals surface area contributed by atoms with Gasteiger partial charge in [-0.25, -0.2) is 12.8 Å². The monoisotopic (exact) mass is 420 g/mol. The molecule has 1 atom stereocenters. The van der Waals surface area contributed by atoms with Crippen LogP contribution in [0.15, 0.2) is 18.3 Å². The molecular weight excluding hydrogens is 396 g/mol. The van der Waals surface area contributed by atoms with Gasteiger partial charge >= 0.3 is 6.18 Å². The van der Waals surface area contributed by atoms with Crippen molar-refractivity contribution >= 4 is 20.9 Å². The highest BCUT2D eigenvalue weighted by molar-refractivity contribution is 7.90. The highest BCUT2D eigenvalue weighted by Gasteiger charge is 2.47. The number of aryl methyl sites for hydroxylation is 1. The second-order valence-electron chi connectivity index (χ2n) is 8.73. The molecule has 0 unspecified atom stereocenters. The molecule has 0 amide bonds. The Balaban J connectivity index is 2.19. The summed E-state index contributed by atoms with van der Waals surface area (Å²) in [7, 11) is -4.10. The predicted octanol–water partition coefficient (Wildman–Crippen LogP) is 4.82. The predicted molar refractivity (Wildman–Crippen MR) is 100.0 cm³/mol. The Labute approximate surface area is 162 Å². The minimum atomic E-state index is -4.86. The van der Waals surface area contributed by atoms with Gasteiger partial charge in [0.05, 0.1) is 5.25 Å². The molecule has 1 fully saturated rings. The van der Waals surface area contributed by atoms with E-state index in [-0.39, 0.29) is 16.4 Å². The van der Waals surface area contributed by atoms with Crippen molar-refractivity contribution in [2.24, 2.45) is 5.41 Å². The maximum absolute atomic E-state index is 14.2. The van der Waals surface area contributed by atoms with Crippen molar-refractivity contribution in [3.8, 4) is 0 Å². The molecule has 1 N–H and O–H groups in total. The molecule has 156 valence electrons. The summed E-state index contributed by atoms with van der Waals surface area (Å²) in [5, 5.41) is -0.729. The van der Waals surface area contributed by atoms with Crippen LogP contribution in [0.5, 0.6) is 0 Å². The number of hydrogen-bond acceptors (Lipinski definition) is 2. The molecule has 4 nitrogen and oxygen atoms in total. The van der Waals surface area contributed by atoms with Gasteiger partial charge in [-0.2, -0.15) is 17.9 Å². The fourth-order valence-corrected chi connectivity index (χ4v) is 4.80. The highest BCUT2D eigenvalue weighted by atomic mass is 32.2. The molecule has 0 saturated heterocycles. The summed E-state index contributed by atoms with van der Waals surface area (Å²) >= 11 is 0. The number of nitrogens with zero attached hydrogens (tertiary/aromatic N) is 1. The molecule has 0 radical (unpaired) electrons. The fourth-order valence-electron chi connectivity index (χ4n) is 3.26. The molecule has 1 aromatic heterocycles. The van der Waals surface area contributed by atoms with E-state index in [2.05, 4.69) is 0 Å². The summed E-state index contributed by atoms with van der Waals surface area (Å²) in [6.45, 7) is 7.75. The van der Waals surface area contributed by atoms with Gasteiger partial charge in [0.15, 0.2) is 0 Å². The van der Waals surface area contributed by atoms with Crippen molar-refractivity contribution in [2.75, 3.05) is 0 Å². The average molecular weight is 420 g/mol. The molecule has 0 aliphatic heterocycles. The molecule has 0 spiro atoms. The summed E-state index contributed by atoms with van der Waals surface area (Å²) in [5.74, 6) is -0.631. The zero-order chi connectivity index (χ0) is 21.1. The lowest BCUT2D eigenvalue weighted by Crippen LogP contribution is -2.39. The van der Waals surface area contributed by atoms with E-state index in [1.165, 1.54) is 12.3 Å². The van der Waals surface area contributed by atoms with Crippen molar-refractivity contribution in [1.29, 1.82) is 0 Å². The first-order valence-corrected chi connectivity index (χ1v) is 10.6. The van der Waals surface area contributed by atoms with Gasteiger partial charge in [0, 0.05) is 29.2 Å². The van der Waals surface area contributed by atoms with E-state index < -0.39 is 33.3 Å². The van der Waals surface area contributed by atoms with Crippen molar-refractivity contribution in [2.45, 2.75) is 64.5 Å². The summed E-state index contributed by atoms with van der Waals surface area (Å²) in [4.78, 5) is 0. The lowest BCUT2D eigenvalue weighted by atomic mass is 9.97. The zero-order valence-electron chi connectivity index (χ0n) is 16.2. The number of nitrogens with one attached hydrogen (secondary N) is 1. The number of fused-ring (bicyclic) bond motifs is 1. The molecule has 1 aromatic carbocycles. The molecule has 3 rings (SSSR count). The normalized spacial score (nSPS) is 17.3. The fraction of sp³-hybridized carbons (Fsp3) is 0.579. The Morgan fingerprint density at radius 1 is 1.21 bits per heavy atom. The Hall–Kier alpha value is -1.61. The van der Waals surface area contributed by atoms with Crippen LogP contribution in [0.1, 0.15) is 50.8 Å². The van der Waals surface area contributed by atoms with Crippen LogP contribution < -0.4 is 4.72 Å². The molecule has 28 heavy (non-hydrogen) atoms. The number of sulfonamides is 1. The maximum Gasteiger partial charge on any atom is 0.408 e. The van der Waals surface area contributed by atoms with Gasteiger partial charge in [-0.3, -0.25) is 0 Å². The van der Waals surface area contributed by atoms with E-state index >= 15 is 0 Å². The van der Waals surface area contributed by atoms with Crippen LogP contribution in [0.3, 0.4) is 0 Å². The first kappa shape index (κ1) is 21.1. The van der Waals surface area contributed by atoms with Gasteiger partial charge in [-0.1, -0.05) is 20.8 Å². The van der Waals surface area contributed by atoms with Gasteiger partial charge in [0.25, 0.3) is 0 Å². The molecule has 1 aliphatic rings. The number of aromatic nitrogens is 1. The van der Waals surface area contributed by atoms with Gasteiger partial charge in [0.1, 0.15) is 11.9 Å². The smallest absolute Gasteiger partial charge is 0.347 e. The van der Waals surface area contributed by atoms with Gasteiger partial charge in [0.2, 0.25) is 10.0 Å². The van der Waals surface area contributed by atoms with Crippen LogP contribution in [0.25, 0.3) is 10.9 Å². The van der Waals surface area contributed by atoms with Crippen LogP contribution in [0, 0.1) is 18.2 Å². The number of halogens is 4. The average Bonchev–Trinajstić information content (AvgIpc) is 3.31. The second-order valence-corrected chi connectivity index (χ2v) is 10.7. The third-order valence-electron chi connectivity index (χ3n) is 4.72. The summed E-state index contributed by atoms with van der Waals surface area (Å²) in [5.41, 5.74) is 0.236. The van der Waals surface area contributed by atoms with E-state index in [1.807, 2.05) is 25.5 Å². The standard InChI is InChI=1S/C19H24F4N2O2S/c1-11-7-16-13(8-15(11)20)14(9-25(16)10-18(2,3)4)17(19(21,22)23)24-28(26,27)12-5-6-12/h7-9,12,17,24H,5-6,10H2,1-4H3/t17-/m0/s1. The van der Waals surface area contributed by atoms with Crippen molar-refractivity contribution in [3.05, 3.63) is 35.3 Å². The molecule has 0 bridgehead atoms. The van der Waals surface area contributed by atoms with E-state index in [4.69, 9.17) is 0 Å². The third-order valence-corrected chi connectivity index (χ3v) is 6.63. The molecule has 2 aromatic rings. The molecule has 9 heteroatoms. The lowest BCUT2D eigenvalue weighted by Gasteiger charge is -2.22. The number of rotatable bonds is 5. The number of benzene rings is 1. The third kappa shape index (κ3) is 4.35. The largest absolute Gasteiger partial charge is 0.408 e. The van der Waals surface area contributed by atoms with Crippen molar-refractivity contribution in [3.63, 3.8) is 0 Å². The van der Waals surface area contributed by atoms with Crippen LogP contribution in [0.4, 0.5) is 17.6 Å². The van der Waals surface area contributed by atoms with Gasteiger partial charge in [-0.15, -0.1) is 0 Å². The molecular formula is C19H24F4N2O2S. The maximum atomic E-state index is 14.2. The van der Waals surface area contributed by atoms with E-state index in [9.17, 15) is 26.0 Å². The summed E-state index contributed by atoms with van der Waals surface area (Å²) < 4.78 is 83.6. The number of hydrogen-bond donors (Lipinski definition) is 1. The minimum absolute atomic E-state index is 0.0631. The highest BCUT2D eigenvalue weighted by Crippen LogP contribution is 2.40. The molecule has 1 saturated carbocycles. The first-order chi connectivity index (χ1) is 12.7. The minimum Gasteiger partial charge on any atom is -0.347 e. The lowest BCUT2D eigenvalue weighted by molar-refractivity contribution is -0.152. The van der Waals surface area contributed by atoms with Crippen LogP contribution in [-0.2, 0) is 16.6 Å². The van der Waals surface area contributed by atoms with Crippen molar-refractivity contribution in [1.82, 2.24) is 9.29 Å². The zero-order valence-corrected chi connectivity index (χ0v) is 17.0. The van der Waals surface area contributed by atoms with E-state index in [0.29, 0.717) is 30.5 Å². The van der Waals surface area contributed by atoms with E-state index in [0.717, 1.165) is 6.07 Å². The SMILES string of the molecule is Cc1cc2c(cc1F)c([C@H](NS(=O)(=O)C1CC1)C(F)(F)F)cn2CC(C)(C)C. The van der Waals surface area contributed by atoms with Crippen molar-refractivity contribution < 1.29 is 26.0 Å². The van der Waals surface area contributed by atoms with E-state index in [1.54, 1.807) is 11.5 Å². The summed E-state index contributed by atoms with van der Waals surface area (Å²) in [6, 6.07) is 0.135. The van der Waals surface area contributed by atoms with Gasteiger partial charge < -0.3 is 4.57 Å². The van der Waals surface area contributed by atoms with Gasteiger partial charge in [-0.05, 0) is 42.9 Å². The number of alkyl halides is 3. The van der Waals surface area contributed by atoms with Crippen LogP contribution in [0.2, 0.25) is 0 Å². The quantitative estimate of drug-likeness (QED) is 0.705. The summed E-state index contributed by atoms with van der Waals surface area (Å²) in [6.07, 6.45) is -2.87. The van der Waals surface area contributed by atoms with Crippen LogP contribution >= 0.6 is 0 Å². The topological polar surface area (TPSA) is 51.1 Å². The van der Waals surface area contributed by atoms with Crippen LogP contribution in [-0.4, -0.2) is 24.4 Å². The molecule has 1 heterocycles. The molecule has 1 aliphatic carbocycles. The Morgan fingerprint density at radius 3 is 2.32 bits per heavy atom. The Bertz CT molecular complexity index is 1000. The Kier molecular flexibility index (Phi) is 5.07. The Morgan fingerprint density at radius 2 is 1.82 bits per heavy atom. The second kappa shape index (κ2) is 6.73.